The van der Waals surface area contributed by atoms with Crippen molar-refractivity contribution in [1.29, 1.82) is 0 Å². The molecule has 4 heteroatoms. The molecule has 0 saturated heterocycles. The Bertz CT molecular complexity index is 603. The zero-order valence-corrected chi connectivity index (χ0v) is 10.7. The lowest BCUT2D eigenvalue weighted by atomic mass is 10.1. The molecule has 1 heterocycles. The van der Waals surface area contributed by atoms with E-state index >= 15 is 0 Å². The van der Waals surface area contributed by atoms with E-state index in [1.807, 2.05) is 38.1 Å². The summed E-state index contributed by atoms with van der Waals surface area (Å²) in [6.07, 6.45) is 1.49. The summed E-state index contributed by atoms with van der Waals surface area (Å²) in [5.41, 5.74) is 1.97. The maximum Gasteiger partial charge on any atom is 0.254 e. The van der Waals surface area contributed by atoms with Gasteiger partial charge in [0, 0.05) is 11.1 Å². The third kappa shape index (κ3) is 2.42. The molecule has 4 nitrogen and oxygen atoms in total. The number of nitrogens with one attached hydrogen (secondary N) is 1. The highest BCUT2D eigenvalue weighted by Gasteiger charge is 2.12. The number of para-hydroxylation sites is 1. The lowest BCUT2D eigenvalue weighted by Crippen LogP contribution is -2.12. The van der Waals surface area contributed by atoms with E-state index in [-0.39, 0.29) is 11.7 Å². The molecule has 0 fully saturated rings. The molecular formula is C14H16N2O2. The minimum atomic E-state index is -0.126. The van der Waals surface area contributed by atoms with E-state index in [4.69, 9.17) is 4.74 Å². The monoisotopic (exact) mass is 244 g/mol. The summed E-state index contributed by atoms with van der Waals surface area (Å²) < 4.78 is 5.74. The van der Waals surface area contributed by atoms with Gasteiger partial charge in [0.1, 0.15) is 5.75 Å². The van der Waals surface area contributed by atoms with Crippen LogP contribution < -0.4 is 10.3 Å². The Balaban J connectivity index is 2.57. The highest BCUT2D eigenvalue weighted by molar-refractivity contribution is 5.69. The molecule has 2 rings (SSSR count). The van der Waals surface area contributed by atoms with Crippen molar-refractivity contribution in [2.24, 2.45) is 0 Å². The van der Waals surface area contributed by atoms with E-state index in [9.17, 15) is 4.79 Å². The molecule has 1 aromatic carbocycles. The van der Waals surface area contributed by atoms with Crippen molar-refractivity contribution in [3.63, 3.8) is 0 Å². The van der Waals surface area contributed by atoms with Crippen LogP contribution in [0.3, 0.4) is 0 Å². The average Bonchev–Trinajstić information content (AvgIpc) is 2.33. The Morgan fingerprint density at radius 2 is 2.00 bits per heavy atom. The number of aromatic nitrogens is 2. The summed E-state index contributed by atoms with van der Waals surface area (Å²) in [5.74, 6) is 0.744. The fraction of sp³-hybridized carbons (Fsp3) is 0.286. The molecule has 94 valence electrons. The van der Waals surface area contributed by atoms with Gasteiger partial charge in [0.2, 0.25) is 0 Å². The average molecular weight is 244 g/mol. The second-order valence-electron chi connectivity index (χ2n) is 4.37. The maximum absolute atomic E-state index is 11.6. The second-order valence-corrected chi connectivity index (χ2v) is 4.37. The van der Waals surface area contributed by atoms with Crippen molar-refractivity contribution in [2.45, 2.75) is 26.9 Å². The standard InChI is InChI=1S/C14H16N2O2/c1-9(2)18-12-7-5-4-6-11(12)13-10(3)14(17)16-8-15-13/h4-9H,1-3H3,(H,15,16,17). The smallest absolute Gasteiger partial charge is 0.254 e. The van der Waals surface area contributed by atoms with Gasteiger partial charge in [-0.25, -0.2) is 4.98 Å². The topological polar surface area (TPSA) is 55.0 Å². The van der Waals surface area contributed by atoms with Crippen molar-refractivity contribution in [3.8, 4) is 17.0 Å². The van der Waals surface area contributed by atoms with Crippen molar-refractivity contribution in [3.05, 3.63) is 46.5 Å². The molecule has 0 atom stereocenters. The van der Waals surface area contributed by atoms with Crippen molar-refractivity contribution in [2.75, 3.05) is 0 Å². The molecule has 0 bridgehead atoms. The van der Waals surface area contributed by atoms with Gasteiger partial charge in [0.05, 0.1) is 18.1 Å². The van der Waals surface area contributed by atoms with Gasteiger partial charge in [-0.05, 0) is 32.9 Å². The molecule has 1 aromatic heterocycles. The largest absolute Gasteiger partial charge is 0.490 e. The van der Waals surface area contributed by atoms with E-state index in [1.165, 1.54) is 6.33 Å². The third-order valence-corrected chi connectivity index (χ3v) is 2.59. The van der Waals surface area contributed by atoms with E-state index < -0.39 is 0 Å². The Hall–Kier alpha value is -2.10. The Morgan fingerprint density at radius 3 is 2.72 bits per heavy atom. The lowest BCUT2D eigenvalue weighted by molar-refractivity contribution is 0.243. The molecule has 0 aliphatic carbocycles. The Kier molecular flexibility index (Phi) is 3.46. The highest BCUT2D eigenvalue weighted by Crippen LogP contribution is 2.29. The van der Waals surface area contributed by atoms with Crippen LogP contribution in [0.4, 0.5) is 0 Å². The molecule has 0 radical (unpaired) electrons. The van der Waals surface area contributed by atoms with Crippen molar-refractivity contribution in [1.82, 2.24) is 9.97 Å². The van der Waals surface area contributed by atoms with E-state index in [0.29, 0.717) is 11.3 Å². The first kappa shape index (κ1) is 12.4. The van der Waals surface area contributed by atoms with Gasteiger partial charge in [-0.1, -0.05) is 12.1 Å². The van der Waals surface area contributed by atoms with Crippen LogP contribution in [0.25, 0.3) is 11.3 Å². The zero-order valence-electron chi connectivity index (χ0n) is 10.7. The SMILES string of the molecule is Cc1c(-c2ccccc2OC(C)C)nc[nH]c1=O. The van der Waals surface area contributed by atoms with Crippen LogP contribution in [0, 0.1) is 6.92 Å². The van der Waals surface area contributed by atoms with Crippen LogP contribution in [-0.2, 0) is 0 Å². The van der Waals surface area contributed by atoms with Crippen LogP contribution in [0.1, 0.15) is 19.4 Å². The summed E-state index contributed by atoms with van der Waals surface area (Å²) in [5, 5.41) is 0. The summed E-state index contributed by atoms with van der Waals surface area (Å²) in [6, 6.07) is 7.61. The van der Waals surface area contributed by atoms with Crippen molar-refractivity contribution >= 4 is 0 Å². The number of nitrogens with zero attached hydrogens (tertiary/aromatic N) is 1. The van der Waals surface area contributed by atoms with Crippen molar-refractivity contribution < 1.29 is 4.74 Å². The van der Waals surface area contributed by atoms with E-state index in [2.05, 4.69) is 9.97 Å². The van der Waals surface area contributed by atoms with Crippen LogP contribution >= 0.6 is 0 Å². The number of hydrogen-bond donors (Lipinski definition) is 1. The normalized spacial score (nSPS) is 10.7. The van der Waals surface area contributed by atoms with Crippen LogP contribution in [-0.4, -0.2) is 16.1 Å². The molecule has 18 heavy (non-hydrogen) atoms. The zero-order chi connectivity index (χ0) is 13.1. The maximum atomic E-state index is 11.6. The van der Waals surface area contributed by atoms with Crippen LogP contribution in [0.15, 0.2) is 35.4 Å². The van der Waals surface area contributed by atoms with Gasteiger partial charge >= 0.3 is 0 Å². The van der Waals surface area contributed by atoms with Crippen LogP contribution in [0.2, 0.25) is 0 Å². The van der Waals surface area contributed by atoms with Gasteiger partial charge in [-0.3, -0.25) is 4.79 Å². The number of hydrogen-bond acceptors (Lipinski definition) is 3. The van der Waals surface area contributed by atoms with E-state index in [1.54, 1.807) is 6.92 Å². The second kappa shape index (κ2) is 5.04. The molecular weight excluding hydrogens is 228 g/mol. The summed E-state index contributed by atoms with van der Waals surface area (Å²) >= 11 is 0. The molecule has 0 unspecified atom stereocenters. The minimum absolute atomic E-state index is 0.0773. The number of rotatable bonds is 3. The van der Waals surface area contributed by atoms with Gasteiger partial charge in [-0.15, -0.1) is 0 Å². The first-order valence-electron chi connectivity index (χ1n) is 5.90. The first-order chi connectivity index (χ1) is 8.59. The molecule has 0 spiro atoms. The number of aromatic amines is 1. The molecule has 0 amide bonds. The molecule has 0 aliphatic heterocycles. The Morgan fingerprint density at radius 1 is 1.28 bits per heavy atom. The summed E-state index contributed by atoms with van der Waals surface area (Å²) in [4.78, 5) is 18.4. The van der Waals surface area contributed by atoms with Crippen LogP contribution in [0.5, 0.6) is 5.75 Å². The highest BCUT2D eigenvalue weighted by atomic mass is 16.5. The quantitative estimate of drug-likeness (QED) is 0.902. The third-order valence-electron chi connectivity index (χ3n) is 2.59. The summed E-state index contributed by atoms with van der Waals surface area (Å²) in [6.45, 7) is 5.69. The number of ether oxygens (including phenoxy) is 1. The van der Waals surface area contributed by atoms with Gasteiger partial charge in [0.15, 0.2) is 0 Å². The van der Waals surface area contributed by atoms with Gasteiger partial charge in [-0.2, -0.15) is 0 Å². The summed E-state index contributed by atoms with van der Waals surface area (Å²) in [7, 11) is 0. The predicted molar refractivity (Wildman–Crippen MR) is 70.8 cm³/mol. The first-order valence-corrected chi connectivity index (χ1v) is 5.90. The molecule has 0 saturated carbocycles. The van der Waals surface area contributed by atoms with E-state index in [0.717, 1.165) is 11.3 Å². The lowest BCUT2D eigenvalue weighted by Gasteiger charge is -2.14. The van der Waals surface area contributed by atoms with Gasteiger partial charge < -0.3 is 9.72 Å². The minimum Gasteiger partial charge on any atom is -0.490 e. The number of H-pyrrole nitrogens is 1. The molecule has 0 aliphatic rings. The Labute approximate surface area is 106 Å². The molecule has 1 N–H and O–H groups in total. The van der Waals surface area contributed by atoms with Gasteiger partial charge in [0.25, 0.3) is 5.56 Å². The predicted octanol–water partition coefficient (Wildman–Crippen LogP) is 2.53. The molecule has 2 aromatic rings. The number of benzene rings is 1. The fourth-order valence-electron chi connectivity index (χ4n) is 1.76. The fourth-order valence-corrected chi connectivity index (χ4v) is 1.76.